The van der Waals surface area contributed by atoms with Crippen LogP contribution in [0, 0.1) is 0 Å². The van der Waals surface area contributed by atoms with Crippen molar-refractivity contribution in [2.45, 2.75) is 38.3 Å². The summed E-state index contributed by atoms with van der Waals surface area (Å²) in [5, 5.41) is 5.90. The van der Waals surface area contributed by atoms with E-state index in [1.807, 2.05) is 0 Å². The van der Waals surface area contributed by atoms with Crippen LogP contribution in [0.5, 0.6) is 0 Å². The third kappa shape index (κ3) is 3.85. The van der Waals surface area contributed by atoms with Crippen LogP contribution >= 0.6 is 0 Å². The van der Waals surface area contributed by atoms with Crippen molar-refractivity contribution in [2.24, 2.45) is 0 Å². The van der Waals surface area contributed by atoms with E-state index in [2.05, 4.69) is 29.4 Å². The Bertz CT molecular complexity index is 271. The summed E-state index contributed by atoms with van der Waals surface area (Å²) in [4.78, 5) is 13.9. The summed E-state index contributed by atoms with van der Waals surface area (Å²) in [7, 11) is 0. The molecule has 0 bridgehead atoms. The van der Waals surface area contributed by atoms with E-state index in [4.69, 9.17) is 4.74 Å². The maximum absolute atomic E-state index is 11.6. The van der Waals surface area contributed by atoms with Gasteiger partial charge in [0.15, 0.2) is 0 Å². The number of ether oxygens (including phenoxy) is 1. The van der Waals surface area contributed by atoms with Gasteiger partial charge in [0, 0.05) is 31.2 Å². The molecule has 0 aromatic carbocycles. The van der Waals surface area contributed by atoms with Crippen LogP contribution in [0.2, 0.25) is 0 Å². The highest BCUT2D eigenvalue weighted by molar-refractivity contribution is 5.74. The summed E-state index contributed by atoms with van der Waals surface area (Å²) in [5.74, 6) is 0. The van der Waals surface area contributed by atoms with Gasteiger partial charge in [-0.3, -0.25) is 4.90 Å². The molecule has 0 spiro atoms. The smallest absolute Gasteiger partial charge is 0.315 e. The van der Waals surface area contributed by atoms with Crippen LogP contribution in [0.4, 0.5) is 4.79 Å². The highest BCUT2D eigenvalue weighted by atomic mass is 16.5. The second-order valence-corrected chi connectivity index (χ2v) is 5.51. The third-order valence-corrected chi connectivity index (χ3v) is 3.46. The topological polar surface area (TPSA) is 53.6 Å². The highest BCUT2D eigenvalue weighted by Gasteiger charge is 2.29. The number of hydrogen-bond donors (Lipinski definition) is 2. The Kier molecular flexibility index (Phi) is 3.89. The number of rotatable bonds is 4. The molecule has 2 rings (SSSR count). The van der Waals surface area contributed by atoms with Crippen LogP contribution in [0.1, 0.15) is 26.7 Å². The lowest BCUT2D eigenvalue weighted by molar-refractivity contribution is -0.00874. The summed E-state index contributed by atoms with van der Waals surface area (Å²) >= 11 is 0. The maximum atomic E-state index is 11.6. The molecule has 5 nitrogen and oxygen atoms in total. The lowest BCUT2D eigenvalue weighted by Crippen LogP contribution is -2.56. The Morgan fingerprint density at radius 3 is 2.59 bits per heavy atom. The fourth-order valence-corrected chi connectivity index (χ4v) is 2.04. The summed E-state index contributed by atoms with van der Waals surface area (Å²) in [5.41, 5.74) is -0.00926. The summed E-state index contributed by atoms with van der Waals surface area (Å²) in [6.07, 6.45) is 2.25. The molecule has 0 aromatic rings. The molecular formula is C12H23N3O2. The molecule has 1 saturated carbocycles. The molecule has 1 heterocycles. The van der Waals surface area contributed by atoms with Gasteiger partial charge >= 0.3 is 6.03 Å². The number of nitrogens with zero attached hydrogens (tertiary/aromatic N) is 1. The molecule has 98 valence electrons. The van der Waals surface area contributed by atoms with Crippen molar-refractivity contribution in [1.29, 1.82) is 0 Å². The standard InChI is InChI=1S/C12H23N3O2/c1-12(2,15-5-7-17-8-6-15)9-13-11(16)14-10-3-4-10/h10H,3-9H2,1-2H3,(H2,13,14,16). The molecule has 17 heavy (non-hydrogen) atoms. The molecule has 0 unspecified atom stereocenters. The van der Waals surface area contributed by atoms with Gasteiger partial charge in [0.2, 0.25) is 0 Å². The van der Waals surface area contributed by atoms with Crippen LogP contribution in [-0.4, -0.2) is 55.4 Å². The molecule has 1 aliphatic carbocycles. The molecule has 1 saturated heterocycles. The Balaban J connectivity index is 1.72. The van der Waals surface area contributed by atoms with Crippen molar-refractivity contribution in [1.82, 2.24) is 15.5 Å². The first-order valence-corrected chi connectivity index (χ1v) is 6.45. The van der Waals surface area contributed by atoms with Crippen LogP contribution < -0.4 is 10.6 Å². The quantitative estimate of drug-likeness (QED) is 0.756. The van der Waals surface area contributed by atoms with E-state index >= 15 is 0 Å². The lowest BCUT2D eigenvalue weighted by atomic mass is 10.0. The zero-order chi connectivity index (χ0) is 12.3. The van der Waals surface area contributed by atoms with E-state index in [-0.39, 0.29) is 11.6 Å². The van der Waals surface area contributed by atoms with Crippen molar-refractivity contribution >= 4 is 6.03 Å². The van der Waals surface area contributed by atoms with E-state index in [0.717, 1.165) is 39.1 Å². The second kappa shape index (κ2) is 5.23. The molecule has 5 heteroatoms. The molecule has 2 aliphatic rings. The number of carbonyl (C=O) groups excluding carboxylic acids is 1. The maximum Gasteiger partial charge on any atom is 0.315 e. The van der Waals surface area contributed by atoms with Crippen molar-refractivity contribution in [3.05, 3.63) is 0 Å². The molecule has 0 aromatic heterocycles. The molecule has 2 fully saturated rings. The van der Waals surface area contributed by atoms with Crippen molar-refractivity contribution in [3.63, 3.8) is 0 Å². The minimum Gasteiger partial charge on any atom is -0.379 e. The largest absolute Gasteiger partial charge is 0.379 e. The molecule has 0 radical (unpaired) electrons. The number of morpholine rings is 1. The summed E-state index contributed by atoms with van der Waals surface area (Å²) < 4.78 is 5.34. The molecule has 2 amide bonds. The SMILES string of the molecule is CC(C)(CNC(=O)NC1CC1)N1CCOCC1. The normalized spacial score (nSPS) is 22.2. The van der Waals surface area contributed by atoms with E-state index < -0.39 is 0 Å². The van der Waals surface area contributed by atoms with Crippen LogP contribution in [0.3, 0.4) is 0 Å². The lowest BCUT2D eigenvalue weighted by Gasteiger charge is -2.40. The summed E-state index contributed by atoms with van der Waals surface area (Å²) in [6, 6.07) is 0.385. The summed E-state index contributed by atoms with van der Waals surface area (Å²) in [6.45, 7) is 8.46. The zero-order valence-electron chi connectivity index (χ0n) is 10.8. The van der Waals surface area contributed by atoms with Gasteiger partial charge in [-0.05, 0) is 26.7 Å². The molecule has 0 atom stereocenters. The zero-order valence-corrected chi connectivity index (χ0v) is 10.8. The second-order valence-electron chi connectivity index (χ2n) is 5.51. The predicted molar refractivity (Wildman–Crippen MR) is 66.0 cm³/mol. The van der Waals surface area contributed by atoms with Gasteiger partial charge in [-0.25, -0.2) is 4.79 Å². The number of carbonyl (C=O) groups is 1. The van der Waals surface area contributed by atoms with Crippen molar-refractivity contribution in [2.75, 3.05) is 32.8 Å². The van der Waals surface area contributed by atoms with E-state index in [0.29, 0.717) is 12.6 Å². The fourth-order valence-electron chi connectivity index (χ4n) is 2.04. The van der Waals surface area contributed by atoms with Crippen molar-refractivity contribution < 1.29 is 9.53 Å². The van der Waals surface area contributed by atoms with Gasteiger partial charge in [0.1, 0.15) is 0 Å². The Hall–Kier alpha value is -0.810. The van der Waals surface area contributed by atoms with E-state index in [1.165, 1.54) is 0 Å². The van der Waals surface area contributed by atoms with Gasteiger partial charge in [0.05, 0.1) is 13.2 Å². The first-order valence-electron chi connectivity index (χ1n) is 6.45. The van der Waals surface area contributed by atoms with E-state index in [9.17, 15) is 4.79 Å². The molecule has 2 N–H and O–H groups in total. The van der Waals surface area contributed by atoms with Gasteiger partial charge in [-0.1, -0.05) is 0 Å². The fraction of sp³-hybridized carbons (Fsp3) is 0.917. The van der Waals surface area contributed by atoms with E-state index in [1.54, 1.807) is 0 Å². The predicted octanol–water partition coefficient (Wildman–Crippen LogP) is 0.559. The van der Waals surface area contributed by atoms with Gasteiger partial charge < -0.3 is 15.4 Å². The number of nitrogens with one attached hydrogen (secondary N) is 2. The Morgan fingerprint density at radius 2 is 2.00 bits per heavy atom. The van der Waals surface area contributed by atoms with Crippen LogP contribution in [0.25, 0.3) is 0 Å². The first-order chi connectivity index (χ1) is 8.08. The first kappa shape index (κ1) is 12.6. The molecular weight excluding hydrogens is 218 g/mol. The third-order valence-electron chi connectivity index (χ3n) is 3.46. The van der Waals surface area contributed by atoms with Crippen LogP contribution in [0.15, 0.2) is 0 Å². The van der Waals surface area contributed by atoms with Crippen molar-refractivity contribution in [3.8, 4) is 0 Å². The van der Waals surface area contributed by atoms with Gasteiger partial charge in [-0.2, -0.15) is 0 Å². The van der Waals surface area contributed by atoms with Gasteiger partial charge in [0.25, 0.3) is 0 Å². The number of hydrogen-bond acceptors (Lipinski definition) is 3. The number of urea groups is 1. The monoisotopic (exact) mass is 241 g/mol. The average Bonchev–Trinajstić information content (AvgIpc) is 3.12. The average molecular weight is 241 g/mol. The Morgan fingerprint density at radius 1 is 1.35 bits per heavy atom. The Labute approximate surface area is 103 Å². The minimum absolute atomic E-state index is 0.00926. The van der Waals surface area contributed by atoms with Gasteiger partial charge in [-0.15, -0.1) is 0 Å². The molecule has 1 aliphatic heterocycles. The highest BCUT2D eigenvalue weighted by Crippen LogP contribution is 2.18. The minimum atomic E-state index is -0.0335. The number of amides is 2. The van der Waals surface area contributed by atoms with Crippen LogP contribution in [-0.2, 0) is 4.74 Å².